The molecule has 1 aromatic carbocycles. The van der Waals surface area contributed by atoms with E-state index in [1.54, 1.807) is 0 Å². The Hall–Kier alpha value is -1.19. The lowest BCUT2D eigenvalue weighted by Crippen LogP contribution is -2.36. The highest BCUT2D eigenvalue weighted by Gasteiger charge is 2.18. The molecule has 0 aromatic heterocycles. The highest BCUT2D eigenvalue weighted by Crippen LogP contribution is 2.14. The van der Waals surface area contributed by atoms with Crippen LogP contribution in [0.2, 0.25) is 0 Å². The first-order chi connectivity index (χ1) is 9.16. The number of ether oxygens (including phenoxy) is 1. The average molecular weight is 261 g/mol. The molecule has 0 N–H and O–H groups in total. The number of rotatable bonds is 5. The van der Waals surface area contributed by atoms with E-state index in [0.717, 1.165) is 30.7 Å². The monoisotopic (exact) mass is 261 g/mol. The Bertz CT molecular complexity index is 425. The van der Waals surface area contributed by atoms with Gasteiger partial charge in [-0.3, -0.25) is 9.69 Å². The van der Waals surface area contributed by atoms with Crippen LogP contribution in [0.25, 0.3) is 0 Å². The van der Waals surface area contributed by atoms with E-state index in [1.807, 2.05) is 38.2 Å². The summed E-state index contributed by atoms with van der Waals surface area (Å²) in [5, 5.41) is 0. The van der Waals surface area contributed by atoms with Gasteiger partial charge in [0.1, 0.15) is 0 Å². The molecule has 1 unspecified atom stereocenters. The van der Waals surface area contributed by atoms with Gasteiger partial charge in [-0.25, -0.2) is 0 Å². The molecule has 0 radical (unpaired) electrons. The van der Waals surface area contributed by atoms with Crippen molar-refractivity contribution in [2.45, 2.75) is 32.3 Å². The number of hydrogen-bond donors (Lipinski definition) is 0. The van der Waals surface area contributed by atoms with Gasteiger partial charge in [0.2, 0.25) is 0 Å². The predicted octanol–water partition coefficient (Wildman–Crippen LogP) is 2.68. The van der Waals surface area contributed by atoms with Gasteiger partial charge in [-0.05, 0) is 38.8 Å². The number of benzene rings is 1. The number of ketones is 1. The van der Waals surface area contributed by atoms with E-state index in [2.05, 4.69) is 4.90 Å². The first-order valence-corrected chi connectivity index (χ1v) is 7.06. The first-order valence-electron chi connectivity index (χ1n) is 7.06. The van der Waals surface area contributed by atoms with Crippen molar-refractivity contribution in [3.63, 3.8) is 0 Å². The number of carbonyl (C=O) groups excluding carboxylic acids is 1. The predicted molar refractivity (Wildman–Crippen MR) is 76.6 cm³/mol. The van der Waals surface area contributed by atoms with Gasteiger partial charge in [0.05, 0.1) is 12.6 Å². The minimum atomic E-state index is 0.191. The molecule has 2 rings (SSSR count). The van der Waals surface area contributed by atoms with Crippen LogP contribution in [0.5, 0.6) is 0 Å². The maximum Gasteiger partial charge on any atom is 0.177 e. The SMILES string of the molecule is Cc1ccccc1C(=O)CN(C)CC1CCCCO1. The molecule has 1 aromatic rings. The molecule has 0 bridgehead atoms. The zero-order valence-electron chi connectivity index (χ0n) is 11.9. The average Bonchev–Trinajstić information content (AvgIpc) is 2.40. The fourth-order valence-electron chi connectivity index (χ4n) is 2.58. The van der Waals surface area contributed by atoms with E-state index >= 15 is 0 Å². The van der Waals surface area contributed by atoms with Crippen LogP contribution < -0.4 is 0 Å². The molecule has 0 amide bonds. The van der Waals surface area contributed by atoms with Gasteiger partial charge in [0, 0.05) is 18.7 Å². The molecular weight excluding hydrogens is 238 g/mol. The van der Waals surface area contributed by atoms with Crippen LogP contribution in [0.1, 0.15) is 35.2 Å². The van der Waals surface area contributed by atoms with Crippen LogP contribution in [0.4, 0.5) is 0 Å². The van der Waals surface area contributed by atoms with Crippen molar-refractivity contribution >= 4 is 5.78 Å². The standard InChI is InChI=1S/C16H23NO2/c1-13-7-3-4-9-15(13)16(18)12-17(2)11-14-8-5-6-10-19-14/h3-4,7,9,14H,5-6,8,10-12H2,1-2H3. The topological polar surface area (TPSA) is 29.5 Å². The summed E-state index contributed by atoms with van der Waals surface area (Å²) in [5.74, 6) is 0.191. The van der Waals surface area contributed by atoms with Crippen molar-refractivity contribution in [3.8, 4) is 0 Å². The molecule has 1 aliphatic rings. The second-order valence-corrected chi connectivity index (χ2v) is 5.42. The molecule has 0 aliphatic carbocycles. The van der Waals surface area contributed by atoms with E-state index in [4.69, 9.17) is 4.74 Å². The molecule has 3 heteroatoms. The van der Waals surface area contributed by atoms with Crippen molar-refractivity contribution in [1.82, 2.24) is 4.90 Å². The number of nitrogens with zero attached hydrogens (tertiary/aromatic N) is 1. The summed E-state index contributed by atoms with van der Waals surface area (Å²) in [6, 6.07) is 7.77. The molecule has 1 saturated heterocycles. The molecule has 1 fully saturated rings. The van der Waals surface area contributed by atoms with E-state index < -0.39 is 0 Å². The summed E-state index contributed by atoms with van der Waals surface area (Å²) in [7, 11) is 1.99. The number of hydrogen-bond acceptors (Lipinski definition) is 3. The van der Waals surface area contributed by atoms with E-state index in [9.17, 15) is 4.79 Å². The third kappa shape index (κ3) is 4.15. The Labute approximate surface area is 115 Å². The van der Waals surface area contributed by atoms with Crippen molar-refractivity contribution < 1.29 is 9.53 Å². The molecule has 1 heterocycles. The van der Waals surface area contributed by atoms with E-state index in [0.29, 0.717) is 12.6 Å². The lowest BCUT2D eigenvalue weighted by atomic mass is 10.0. The Balaban J connectivity index is 1.86. The smallest absolute Gasteiger partial charge is 0.177 e. The third-order valence-electron chi connectivity index (χ3n) is 3.65. The largest absolute Gasteiger partial charge is 0.377 e. The van der Waals surface area contributed by atoms with Crippen molar-refractivity contribution in [2.24, 2.45) is 0 Å². The zero-order valence-corrected chi connectivity index (χ0v) is 11.9. The summed E-state index contributed by atoms with van der Waals surface area (Å²) in [6.45, 7) is 4.16. The van der Waals surface area contributed by atoms with Gasteiger partial charge >= 0.3 is 0 Å². The Morgan fingerprint density at radius 2 is 2.16 bits per heavy atom. The van der Waals surface area contributed by atoms with Gasteiger partial charge in [-0.2, -0.15) is 0 Å². The fourth-order valence-corrected chi connectivity index (χ4v) is 2.58. The van der Waals surface area contributed by atoms with Crippen molar-refractivity contribution in [3.05, 3.63) is 35.4 Å². The van der Waals surface area contributed by atoms with E-state index in [1.165, 1.54) is 12.8 Å². The summed E-state index contributed by atoms with van der Waals surface area (Å²) in [4.78, 5) is 14.3. The normalized spacial score (nSPS) is 19.6. The molecule has 0 saturated carbocycles. The summed E-state index contributed by atoms with van der Waals surface area (Å²) in [6.07, 6.45) is 3.82. The van der Waals surface area contributed by atoms with Crippen LogP contribution in [0.3, 0.4) is 0 Å². The van der Waals surface area contributed by atoms with Crippen LogP contribution in [0, 0.1) is 6.92 Å². The molecule has 1 aliphatic heterocycles. The van der Waals surface area contributed by atoms with E-state index in [-0.39, 0.29) is 5.78 Å². The quantitative estimate of drug-likeness (QED) is 0.763. The summed E-state index contributed by atoms with van der Waals surface area (Å²) >= 11 is 0. The molecule has 19 heavy (non-hydrogen) atoms. The number of aryl methyl sites for hydroxylation is 1. The van der Waals surface area contributed by atoms with Gasteiger partial charge in [0.25, 0.3) is 0 Å². The van der Waals surface area contributed by atoms with Crippen LogP contribution in [0.15, 0.2) is 24.3 Å². The number of Topliss-reactive ketones (excluding diaryl/α,β-unsaturated/α-hetero) is 1. The third-order valence-corrected chi connectivity index (χ3v) is 3.65. The van der Waals surface area contributed by atoms with Crippen LogP contribution in [-0.4, -0.2) is 43.5 Å². The Morgan fingerprint density at radius 3 is 2.84 bits per heavy atom. The van der Waals surface area contributed by atoms with Crippen LogP contribution in [-0.2, 0) is 4.74 Å². The van der Waals surface area contributed by atoms with Gasteiger partial charge in [-0.1, -0.05) is 24.3 Å². The highest BCUT2D eigenvalue weighted by atomic mass is 16.5. The van der Waals surface area contributed by atoms with Crippen LogP contribution >= 0.6 is 0 Å². The molecule has 0 spiro atoms. The molecule has 3 nitrogen and oxygen atoms in total. The molecule has 1 atom stereocenters. The number of carbonyl (C=O) groups is 1. The molecule has 104 valence electrons. The minimum absolute atomic E-state index is 0.191. The second-order valence-electron chi connectivity index (χ2n) is 5.42. The Kier molecular flexibility index (Phi) is 5.11. The number of likely N-dealkylation sites (N-methyl/N-ethyl adjacent to an activating group) is 1. The lowest BCUT2D eigenvalue weighted by Gasteiger charge is -2.27. The lowest BCUT2D eigenvalue weighted by molar-refractivity contribution is -0.000670. The minimum Gasteiger partial charge on any atom is -0.377 e. The summed E-state index contributed by atoms with van der Waals surface area (Å²) < 4.78 is 5.71. The van der Waals surface area contributed by atoms with Crippen molar-refractivity contribution in [1.29, 1.82) is 0 Å². The fraction of sp³-hybridized carbons (Fsp3) is 0.562. The molecular formula is C16H23NO2. The van der Waals surface area contributed by atoms with Gasteiger partial charge in [0.15, 0.2) is 5.78 Å². The van der Waals surface area contributed by atoms with Gasteiger partial charge < -0.3 is 4.74 Å². The maximum absolute atomic E-state index is 12.2. The van der Waals surface area contributed by atoms with Gasteiger partial charge in [-0.15, -0.1) is 0 Å². The first kappa shape index (κ1) is 14.2. The summed E-state index contributed by atoms with van der Waals surface area (Å²) in [5.41, 5.74) is 1.88. The second kappa shape index (κ2) is 6.83. The van der Waals surface area contributed by atoms with Crippen molar-refractivity contribution in [2.75, 3.05) is 26.7 Å². The Morgan fingerprint density at radius 1 is 1.37 bits per heavy atom. The maximum atomic E-state index is 12.2. The highest BCUT2D eigenvalue weighted by molar-refractivity contribution is 5.98. The zero-order chi connectivity index (χ0) is 13.7.